The SMILES string of the molecule is CCC(C)CN(C)C(=O)c1ccc2cn[nH]c2c1. The van der Waals surface area contributed by atoms with Crippen LogP contribution in [0.1, 0.15) is 30.6 Å². The number of carbonyl (C=O) groups is 1. The first-order valence-electron chi connectivity index (χ1n) is 6.30. The predicted octanol–water partition coefficient (Wildman–Crippen LogP) is 2.68. The minimum absolute atomic E-state index is 0.0619. The zero-order valence-electron chi connectivity index (χ0n) is 11.1. The Morgan fingerprint density at radius 3 is 3.00 bits per heavy atom. The molecule has 0 fully saturated rings. The van der Waals surface area contributed by atoms with Crippen molar-refractivity contribution in [1.29, 1.82) is 0 Å². The van der Waals surface area contributed by atoms with E-state index in [-0.39, 0.29) is 5.91 Å². The molecular formula is C14H19N3O. The predicted molar refractivity (Wildman–Crippen MR) is 72.5 cm³/mol. The molecule has 0 spiro atoms. The van der Waals surface area contributed by atoms with Gasteiger partial charge in [-0.2, -0.15) is 5.10 Å². The van der Waals surface area contributed by atoms with Gasteiger partial charge in [0.05, 0.1) is 11.7 Å². The van der Waals surface area contributed by atoms with Gasteiger partial charge in [0.1, 0.15) is 0 Å². The molecule has 1 amide bonds. The molecule has 2 rings (SSSR count). The van der Waals surface area contributed by atoms with Crippen LogP contribution in [0.3, 0.4) is 0 Å². The third-order valence-electron chi connectivity index (χ3n) is 3.32. The number of nitrogens with zero attached hydrogens (tertiary/aromatic N) is 2. The highest BCUT2D eigenvalue weighted by Crippen LogP contribution is 2.15. The van der Waals surface area contributed by atoms with Crippen molar-refractivity contribution in [3.8, 4) is 0 Å². The highest BCUT2D eigenvalue weighted by Gasteiger charge is 2.14. The van der Waals surface area contributed by atoms with Gasteiger partial charge in [0.2, 0.25) is 0 Å². The van der Waals surface area contributed by atoms with Crippen molar-refractivity contribution < 1.29 is 4.79 Å². The van der Waals surface area contributed by atoms with Gasteiger partial charge in [0, 0.05) is 24.5 Å². The Balaban J connectivity index is 2.16. The zero-order chi connectivity index (χ0) is 13.1. The number of carbonyl (C=O) groups excluding carboxylic acids is 1. The van der Waals surface area contributed by atoms with Crippen LogP contribution in [0.15, 0.2) is 24.4 Å². The minimum atomic E-state index is 0.0619. The van der Waals surface area contributed by atoms with Gasteiger partial charge in [-0.05, 0) is 18.1 Å². The normalized spacial score (nSPS) is 12.6. The van der Waals surface area contributed by atoms with E-state index in [9.17, 15) is 4.79 Å². The highest BCUT2D eigenvalue weighted by molar-refractivity contribution is 5.97. The smallest absolute Gasteiger partial charge is 0.253 e. The van der Waals surface area contributed by atoms with Gasteiger partial charge in [-0.25, -0.2) is 0 Å². The first-order chi connectivity index (χ1) is 8.61. The van der Waals surface area contributed by atoms with Crippen LogP contribution in [0.5, 0.6) is 0 Å². The number of rotatable bonds is 4. The zero-order valence-corrected chi connectivity index (χ0v) is 11.1. The molecule has 1 atom stereocenters. The maximum atomic E-state index is 12.3. The number of benzene rings is 1. The second-order valence-corrected chi connectivity index (χ2v) is 4.87. The monoisotopic (exact) mass is 245 g/mol. The van der Waals surface area contributed by atoms with Crippen molar-refractivity contribution in [2.45, 2.75) is 20.3 Å². The Labute approximate surface area is 107 Å². The van der Waals surface area contributed by atoms with E-state index in [0.717, 1.165) is 23.9 Å². The number of hydrogen-bond acceptors (Lipinski definition) is 2. The molecule has 0 aliphatic rings. The Morgan fingerprint density at radius 1 is 1.50 bits per heavy atom. The lowest BCUT2D eigenvalue weighted by molar-refractivity contribution is 0.0775. The van der Waals surface area contributed by atoms with Crippen molar-refractivity contribution in [3.05, 3.63) is 30.0 Å². The minimum Gasteiger partial charge on any atom is -0.341 e. The molecule has 0 aliphatic heterocycles. The van der Waals surface area contributed by atoms with Gasteiger partial charge < -0.3 is 4.90 Å². The summed E-state index contributed by atoms with van der Waals surface area (Å²) in [7, 11) is 1.85. The molecule has 1 heterocycles. The lowest BCUT2D eigenvalue weighted by Gasteiger charge is -2.20. The average molecular weight is 245 g/mol. The molecule has 96 valence electrons. The van der Waals surface area contributed by atoms with Crippen LogP contribution in [-0.4, -0.2) is 34.6 Å². The van der Waals surface area contributed by atoms with E-state index in [4.69, 9.17) is 0 Å². The van der Waals surface area contributed by atoms with Crippen LogP contribution in [0, 0.1) is 5.92 Å². The van der Waals surface area contributed by atoms with Crippen LogP contribution in [0.25, 0.3) is 10.9 Å². The molecule has 1 N–H and O–H groups in total. The number of nitrogens with one attached hydrogen (secondary N) is 1. The summed E-state index contributed by atoms with van der Waals surface area (Å²) in [5, 5.41) is 7.87. The summed E-state index contributed by atoms with van der Waals surface area (Å²) in [6.45, 7) is 5.08. The number of fused-ring (bicyclic) bond motifs is 1. The highest BCUT2D eigenvalue weighted by atomic mass is 16.2. The number of amides is 1. The molecule has 1 aromatic heterocycles. The molecule has 0 aliphatic carbocycles. The third kappa shape index (κ3) is 2.53. The van der Waals surface area contributed by atoms with E-state index in [2.05, 4.69) is 24.0 Å². The van der Waals surface area contributed by atoms with Gasteiger partial charge in [-0.15, -0.1) is 0 Å². The summed E-state index contributed by atoms with van der Waals surface area (Å²) >= 11 is 0. The topological polar surface area (TPSA) is 49.0 Å². The molecular weight excluding hydrogens is 226 g/mol. The molecule has 1 unspecified atom stereocenters. The summed E-state index contributed by atoms with van der Waals surface area (Å²) in [5.74, 6) is 0.585. The first kappa shape index (κ1) is 12.6. The molecule has 0 saturated carbocycles. The quantitative estimate of drug-likeness (QED) is 0.900. The number of aromatic nitrogens is 2. The molecule has 4 heteroatoms. The maximum absolute atomic E-state index is 12.3. The fourth-order valence-corrected chi connectivity index (χ4v) is 1.97. The Morgan fingerprint density at radius 2 is 2.28 bits per heavy atom. The second kappa shape index (κ2) is 5.21. The van der Waals surface area contributed by atoms with Crippen molar-refractivity contribution in [3.63, 3.8) is 0 Å². The van der Waals surface area contributed by atoms with Crippen LogP contribution in [0.2, 0.25) is 0 Å². The van der Waals surface area contributed by atoms with E-state index in [1.54, 1.807) is 11.1 Å². The number of aromatic amines is 1. The summed E-state index contributed by atoms with van der Waals surface area (Å²) in [5.41, 5.74) is 1.61. The van der Waals surface area contributed by atoms with Crippen molar-refractivity contribution >= 4 is 16.8 Å². The molecule has 2 aromatic rings. The standard InChI is InChI=1S/C14H19N3O/c1-4-10(2)9-17(3)14(18)11-5-6-12-8-15-16-13(12)7-11/h5-8,10H,4,9H2,1-3H3,(H,15,16). The van der Waals surface area contributed by atoms with Crippen LogP contribution in [-0.2, 0) is 0 Å². The summed E-state index contributed by atoms with van der Waals surface area (Å²) in [6, 6.07) is 5.63. The molecule has 1 aromatic carbocycles. The summed E-state index contributed by atoms with van der Waals surface area (Å²) < 4.78 is 0. The van der Waals surface area contributed by atoms with E-state index in [1.807, 2.05) is 25.2 Å². The van der Waals surface area contributed by atoms with Crippen LogP contribution < -0.4 is 0 Å². The number of H-pyrrole nitrogens is 1. The first-order valence-corrected chi connectivity index (χ1v) is 6.30. The average Bonchev–Trinajstić information content (AvgIpc) is 2.84. The second-order valence-electron chi connectivity index (χ2n) is 4.87. The summed E-state index contributed by atoms with van der Waals surface area (Å²) in [4.78, 5) is 14.0. The van der Waals surface area contributed by atoms with E-state index in [1.165, 1.54) is 0 Å². The fraction of sp³-hybridized carbons (Fsp3) is 0.429. The lowest BCUT2D eigenvalue weighted by Crippen LogP contribution is -2.30. The van der Waals surface area contributed by atoms with Crippen molar-refractivity contribution in [1.82, 2.24) is 15.1 Å². The van der Waals surface area contributed by atoms with Gasteiger partial charge in [0.15, 0.2) is 0 Å². The van der Waals surface area contributed by atoms with E-state index in [0.29, 0.717) is 11.5 Å². The Bertz CT molecular complexity index is 547. The molecule has 0 bridgehead atoms. The maximum Gasteiger partial charge on any atom is 0.253 e. The lowest BCUT2D eigenvalue weighted by atomic mass is 10.1. The van der Waals surface area contributed by atoms with Crippen LogP contribution >= 0.6 is 0 Å². The molecule has 0 saturated heterocycles. The Hall–Kier alpha value is -1.84. The van der Waals surface area contributed by atoms with Gasteiger partial charge in [0.25, 0.3) is 5.91 Å². The third-order valence-corrected chi connectivity index (χ3v) is 3.32. The Kier molecular flexibility index (Phi) is 3.65. The van der Waals surface area contributed by atoms with E-state index < -0.39 is 0 Å². The fourth-order valence-electron chi connectivity index (χ4n) is 1.97. The van der Waals surface area contributed by atoms with E-state index >= 15 is 0 Å². The molecule has 18 heavy (non-hydrogen) atoms. The summed E-state index contributed by atoms with van der Waals surface area (Å²) in [6.07, 6.45) is 2.84. The van der Waals surface area contributed by atoms with Crippen molar-refractivity contribution in [2.24, 2.45) is 5.92 Å². The van der Waals surface area contributed by atoms with Crippen molar-refractivity contribution in [2.75, 3.05) is 13.6 Å². The van der Waals surface area contributed by atoms with Gasteiger partial charge >= 0.3 is 0 Å². The van der Waals surface area contributed by atoms with Crippen LogP contribution in [0.4, 0.5) is 0 Å². The van der Waals surface area contributed by atoms with Gasteiger partial charge in [-0.1, -0.05) is 26.3 Å². The molecule has 4 nitrogen and oxygen atoms in total. The van der Waals surface area contributed by atoms with Gasteiger partial charge in [-0.3, -0.25) is 9.89 Å². The largest absolute Gasteiger partial charge is 0.341 e. The number of hydrogen-bond donors (Lipinski definition) is 1. The molecule has 0 radical (unpaired) electrons.